The monoisotopic (exact) mass is 291 g/mol. The molecule has 1 heterocycles. The summed E-state index contributed by atoms with van der Waals surface area (Å²) in [5.41, 5.74) is 8.18. The lowest BCUT2D eigenvalue weighted by atomic mass is 10.1. The van der Waals surface area contributed by atoms with E-state index >= 15 is 0 Å². The van der Waals surface area contributed by atoms with Gasteiger partial charge < -0.3 is 10.3 Å². The third kappa shape index (κ3) is 1.86. The first-order chi connectivity index (χ1) is 8.16. The standard InChI is InChI=1S/C13H14BrN3/c1-8-16-12(9-3-2-4-10(14)7-9)13(15)17(8)11-5-6-11/h2-4,7,11H,5-6,15H2,1H3. The summed E-state index contributed by atoms with van der Waals surface area (Å²) in [7, 11) is 0. The van der Waals surface area contributed by atoms with Crippen molar-refractivity contribution in [1.29, 1.82) is 0 Å². The number of hydrogen-bond donors (Lipinski definition) is 1. The second-order valence-electron chi connectivity index (χ2n) is 4.50. The van der Waals surface area contributed by atoms with Crippen molar-refractivity contribution in [3.05, 3.63) is 34.6 Å². The van der Waals surface area contributed by atoms with Crippen LogP contribution < -0.4 is 5.73 Å². The smallest absolute Gasteiger partial charge is 0.131 e. The molecule has 4 heteroatoms. The van der Waals surface area contributed by atoms with Gasteiger partial charge >= 0.3 is 0 Å². The first-order valence-electron chi connectivity index (χ1n) is 5.77. The summed E-state index contributed by atoms with van der Waals surface area (Å²) in [6.07, 6.45) is 2.44. The first kappa shape index (κ1) is 10.8. The summed E-state index contributed by atoms with van der Waals surface area (Å²) >= 11 is 3.48. The van der Waals surface area contributed by atoms with E-state index in [1.54, 1.807) is 0 Å². The van der Waals surface area contributed by atoms with Gasteiger partial charge in [0, 0.05) is 16.1 Å². The number of nitrogens with zero attached hydrogens (tertiary/aromatic N) is 2. The third-order valence-corrected chi connectivity index (χ3v) is 3.63. The van der Waals surface area contributed by atoms with E-state index in [0.717, 1.165) is 27.4 Å². The van der Waals surface area contributed by atoms with E-state index in [-0.39, 0.29) is 0 Å². The van der Waals surface area contributed by atoms with E-state index in [2.05, 4.69) is 31.5 Å². The highest BCUT2D eigenvalue weighted by molar-refractivity contribution is 9.10. The Labute approximate surface area is 109 Å². The summed E-state index contributed by atoms with van der Waals surface area (Å²) in [5.74, 6) is 1.81. The van der Waals surface area contributed by atoms with E-state index in [1.807, 2.05) is 25.1 Å². The Bertz CT molecular complexity index is 570. The molecule has 2 N–H and O–H groups in total. The summed E-state index contributed by atoms with van der Waals surface area (Å²) in [6.45, 7) is 2.02. The van der Waals surface area contributed by atoms with Gasteiger partial charge in [0.25, 0.3) is 0 Å². The molecule has 1 aliphatic carbocycles. The fourth-order valence-corrected chi connectivity index (χ4v) is 2.60. The van der Waals surface area contributed by atoms with Gasteiger partial charge in [0.05, 0.1) is 0 Å². The van der Waals surface area contributed by atoms with Crippen LogP contribution in [0.1, 0.15) is 24.7 Å². The van der Waals surface area contributed by atoms with Gasteiger partial charge in [-0.05, 0) is 31.9 Å². The zero-order valence-corrected chi connectivity index (χ0v) is 11.2. The fourth-order valence-electron chi connectivity index (χ4n) is 2.20. The second-order valence-corrected chi connectivity index (χ2v) is 5.42. The normalized spacial score (nSPS) is 15.2. The highest BCUT2D eigenvalue weighted by Gasteiger charge is 2.28. The maximum atomic E-state index is 6.21. The molecule has 0 spiro atoms. The zero-order chi connectivity index (χ0) is 12.0. The number of anilines is 1. The molecule has 0 amide bonds. The summed E-state index contributed by atoms with van der Waals surface area (Å²) in [5, 5.41) is 0. The maximum Gasteiger partial charge on any atom is 0.131 e. The van der Waals surface area contributed by atoms with Crippen LogP contribution in [0.15, 0.2) is 28.7 Å². The van der Waals surface area contributed by atoms with Crippen molar-refractivity contribution in [2.75, 3.05) is 5.73 Å². The Hall–Kier alpha value is -1.29. The molecule has 0 atom stereocenters. The average Bonchev–Trinajstić information content (AvgIpc) is 3.06. The van der Waals surface area contributed by atoms with Crippen LogP contribution in [0.3, 0.4) is 0 Å². The molecule has 1 aliphatic rings. The number of rotatable bonds is 2. The van der Waals surface area contributed by atoms with Gasteiger partial charge in [0.2, 0.25) is 0 Å². The van der Waals surface area contributed by atoms with Crippen molar-refractivity contribution in [1.82, 2.24) is 9.55 Å². The lowest BCUT2D eigenvalue weighted by Crippen LogP contribution is -2.02. The zero-order valence-electron chi connectivity index (χ0n) is 9.65. The van der Waals surface area contributed by atoms with Crippen LogP contribution in [0.5, 0.6) is 0 Å². The molecule has 0 bridgehead atoms. The molecular formula is C13H14BrN3. The summed E-state index contributed by atoms with van der Waals surface area (Å²) < 4.78 is 3.21. The minimum absolute atomic E-state index is 0.573. The second kappa shape index (κ2) is 3.88. The van der Waals surface area contributed by atoms with Gasteiger partial charge in [0.1, 0.15) is 17.3 Å². The highest BCUT2D eigenvalue weighted by Crippen LogP contribution is 2.40. The number of aryl methyl sites for hydroxylation is 1. The molecule has 0 radical (unpaired) electrons. The molecule has 0 unspecified atom stereocenters. The number of halogens is 1. The van der Waals surface area contributed by atoms with Gasteiger partial charge in [0.15, 0.2) is 0 Å². The average molecular weight is 292 g/mol. The highest BCUT2D eigenvalue weighted by atomic mass is 79.9. The van der Waals surface area contributed by atoms with Gasteiger partial charge in [-0.2, -0.15) is 0 Å². The van der Waals surface area contributed by atoms with Crippen LogP contribution in [0.2, 0.25) is 0 Å². The van der Waals surface area contributed by atoms with Crippen LogP contribution in [-0.4, -0.2) is 9.55 Å². The topological polar surface area (TPSA) is 43.8 Å². The molecule has 1 aromatic carbocycles. The number of imidazole rings is 1. The van der Waals surface area contributed by atoms with Crippen molar-refractivity contribution < 1.29 is 0 Å². The lowest BCUT2D eigenvalue weighted by Gasteiger charge is -2.05. The van der Waals surface area contributed by atoms with Crippen LogP contribution in [-0.2, 0) is 0 Å². The van der Waals surface area contributed by atoms with Gasteiger partial charge in [-0.25, -0.2) is 4.98 Å². The Morgan fingerprint density at radius 2 is 2.18 bits per heavy atom. The molecule has 88 valence electrons. The Balaban J connectivity index is 2.12. The lowest BCUT2D eigenvalue weighted by molar-refractivity contribution is 0.720. The maximum absolute atomic E-state index is 6.21. The Morgan fingerprint density at radius 3 is 2.82 bits per heavy atom. The van der Waals surface area contributed by atoms with Crippen LogP contribution >= 0.6 is 15.9 Å². The molecule has 1 aromatic heterocycles. The van der Waals surface area contributed by atoms with E-state index in [1.165, 1.54) is 12.8 Å². The van der Waals surface area contributed by atoms with Crippen molar-refractivity contribution in [2.24, 2.45) is 0 Å². The summed E-state index contributed by atoms with van der Waals surface area (Å²) in [4.78, 5) is 4.60. The molecule has 3 rings (SSSR count). The number of hydrogen-bond acceptors (Lipinski definition) is 2. The predicted octanol–water partition coefficient (Wildman–Crippen LogP) is 3.54. The number of aromatic nitrogens is 2. The van der Waals surface area contributed by atoms with Crippen LogP contribution in [0.4, 0.5) is 5.82 Å². The van der Waals surface area contributed by atoms with Gasteiger partial charge in [-0.3, -0.25) is 0 Å². The Kier molecular flexibility index (Phi) is 2.47. The summed E-state index contributed by atoms with van der Waals surface area (Å²) in [6, 6.07) is 8.67. The molecule has 3 nitrogen and oxygen atoms in total. The third-order valence-electron chi connectivity index (χ3n) is 3.13. The SMILES string of the molecule is Cc1nc(-c2cccc(Br)c2)c(N)n1C1CC1. The molecule has 17 heavy (non-hydrogen) atoms. The van der Waals surface area contributed by atoms with Crippen molar-refractivity contribution in [3.63, 3.8) is 0 Å². The quantitative estimate of drug-likeness (QED) is 0.920. The molecule has 1 saturated carbocycles. The molecule has 0 aliphatic heterocycles. The largest absolute Gasteiger partial charge is 0.383 e. The molecule has 0 saturated heterocycles. The van der Waals surface area contributed by atoms with Crippen molar-refractivity contribution in [3.8, 4) is 11.3 Å². The fraction of sp³-hybridized carbons (Fsp3) is 0.308. The van der Waals surface area contributed by atoms with Crippen molar-refractivity contribution in [2.45, 2.75) is 25.8 Å². The molecule has 1 fully saturated rings. The van der Waals surface area contributed by atoms with E-state index in [0.29, 0.717) is 6.04 Å². The van der Waals surface area contributed by atoms with Crippen LogP contribution in [0.25, 0.3) is 11.3 Å². The number of nitrogens with two attached hydrogens (primary N) is 1. The number of benzene rings is 1. The van der Waals surface area contributed by atoms with Crippen molar-refractivity contribution >= 4 is 21.7 Å². The minimum Gasteiger partial charge on any atom is -0.383 e. The Morgan fingerprint density at radius 1 is 1.41 bits per heavy atom. The number of nitrogen functional groups attached to an aromatic ring is 1. The van der Waals surface area contributed by atoms with Gasteiger partial charge in [-0.1, -0.05) is 28.1 Å². The molecular weight excluding hydrogens is 278 g/mol. The minimum atomic E-state index is 0.573. The van der Waals surface area contributed by atoms with E-state index in [9.17, 15) is 0 Å². The first-order valence-corrected chi connectivity index (χ1v) is 6.56. The van der Waals surface area contributed by atoms with Crippen LogP contribution in [0, 0.1) is 6.92 Å². The predicted molar refractivity (Wildman–Crippen MR) is 72.8 cm³/mol. The van der Waals surface area contributed by atoms with Gasteiger partial charge in [-0.15, -0.1) is 0 Å². The molecule has 2 aromatic rings. The van der Waals surface area contributed by atoms with E-state index in [4.69, 9.17) is 5.73 Å². The van der Waals surface area contributed by atoms with E-state index < -0.39 is 0 Å².